The summed E-state index contributed by atoms with van der Waals surface area (Å²) < 4.78 is 13.5. The third-order valence-electron chi connectivity index (χ3n) is 2.58. The van der Waals surface area contributed by atoms with Crippen LogP contribution in [0, 0.1) is 5.82 Å². The number of fused-ring (bicyclic) bond motifs is 1. The van der Waals surface area contributed by atoms with Gasteiger partial charge in [-0.05, 0) is 18.1 Å². The van der Waals surface area contributed by atoms with Crippen molar-refractivity contribution in [3.63, 3.8) is 0 Å². The molecule has 0 atom stereocenters. The van der Waals surface area contributed by atoms with Gasteiger partial charge in [0.15, 0.2) is 0 Å². The van der Waals surface area contributed by atoms with Crippen molar-refractivity contribution in [2.75, 3.05) is 0 Å². The van der Waals surface area contributed by atoms with Crippen molar-refractivity contribution in [3.8, 4) is 5.75 Å². The molecule has 0 spiro atoms. The van der Waals surface area contributed by atoms with E-state index in [1.165, 1.54) is 12.1 Å². The van der Waals surface area contributed by atoms with Crippen molar-refractivity contribution in [2.24, 2.45) is 0 Å². The highest BCUT2D eigenvalue weighted by Crippen LogP contribution is 2.30. The summed E-state index contributed by atoms with van der Waals surface area (Å²) in [5, 5.41) is 10.00. The number of hydrogen-bond donors (Lipinski definition) is 2. The van der Waals surface area contributed by atoms with E-state index in [9.17, 15) is 14.3 Å². The van der Waals surface area contributed by atoms with Gasteiger partial charge in [-0.1, -0.05) is 19.9 Å². The Labute approximate surface area is 91.5 Å². The Hall–Kier alpha value is -1.84. The van der Waals surface area contributed by atoms with Crippen LogP contribution in [0.5, 0.6) is 5.75 Å². The number of aromatic nitrogens is 1. The van der Waals surface area contributed by atoms with Gasteiger partial charge in [0.25, 0.3) is 5.56 Å². The number of hydrogen-bond acceptors (Lipinski definition) is 2. The Kier molecular flexibility index (Phi) is 2.42. The van der Waals surface area contributed by atoms with Gasteiger partial charge in [-0.15, -0.1) is 0 Å². The van der Waals surface area contributed by atoms with Crippen LogP contribution in [0.1, 0.15) is 25.3 Å². The van der Waals surface area contributed by atoms with E-state index >= 15 is 0 Å². The fraction of sp³-hybridized carbons (Fsp3) is 0.250. The third kappa shape index (κ3) is 1.46. The van der Waals surface area contributed by atoms with Crippen LogP contribution in [0.25, 0.3) is 10.9 Å². The molecule has 0 bridgehead atoms. The topological polar surface area (TPSA) is 53.1 Å². The second kappa shape index (κ2) is 3.63. The third-order valence-corrected chi connectivity index (χ3v) is 2.58. The number of nitrogens with one attached hydrogen (secondary N) is 1. The molecule has 0 aliphatic carbocycles. The van der Waals surface area contributed by atoms with Crippen LogP contribution in [-0.4, -0.2) is 10.1 Å². The fourth-order valence-electron chi connectivity index (χ4n) is 1.84. The van der Waals surface area contributed by atoms with E-state index in [1.54, 1.807) is 19.9 Å². The molecule has 1 heterocycles. The van der Waals surface area contributed by atoms with Crippen molar-refractivity contribution in [1.29, 1.82) is 0 Å². The zero-order chi connectivity index (χ0) is 11.9. The van der Waals surface area contributed by atoms with Gasteiger partial charge in [-0.2, -0.15) is 0 Å². The van der Waals surface area contributed by atoms with Crippen LogP contribution >= 0.6 is 0 Å². The summed E-state index contributed by atoms with van der Waals surface area (Å²) in [6.07, 6.45) is 0. The zero-order valence-corrected chi connectivity index (χ0v) is 9.04. The first-order chi connectivity index (χ1) is 7.52. The molecule has 0 fully saturated rings. The zero-order valence-electron chi connectivity index (χ0n) is 9.04. The molecule has 0 saturated carbocycles. The van der Waals surface area contributed by atoms with Crippen LogP contribution < -0.4 is 5.56 Å². The Morgan fingerprint density at radius 2 is 2.06 bits per heavy atom. The summed E-state index contributed by atoms with van der Waals surface area (Å²) in [5.41, 5.74) is 0.162. The first-order valence-electron chi connectivity index (χ1n) is 5.05. The fourth-order valence-corrected chi connectivity index (χ4v) is 1.84. The molecule has 3 nitrogen and oxygen atoms in total. The Morgan fingerprint density at radius 1 is 1.38 bits per heavy atom. The van der Waals surface area contributed by atoms with Gasteiger partial charge in [0.05, 0.1) is 16.5 Å². The second-order valence-electron chi connectivity index (χ2n) is 4.03. The Bertz CT molecular complexity index is 602. The first kappa shape index (κ1) is 10.7. The highest BCUT2D eigenvalue weighted by atomic mass is 19.1. The molecule has 84 valence electrons. The minimum atomic E-state index is -0.534. The predicted molar refractivity (Wildman–Crippen MR) is 60.3 cm³/mol. The number of H-pyrrole nitrogens is 1. The van der Waals surface area contributed by atoms with Crippen LogP contribution in [0.2, 0.25) is 0 Å². The van der Waals surface area contributed by atoms with Gasteiger partial charge in [0, 0.05) is 0 Å². The lowest BCUT2D eigenvalue weighted by molar-refractivity contribution is 0.466. The highest BCUT2D eigenvalue weighted by molar-refractivity contribution is 5.86. The van der Waals surface area contributed by atoms with Crippen molar-refractivity contribution >= 4 is 10.9 Å². The largest absolute Gasteiger partial charge is 0.507 e. The van der Waals surface area contributed by atoms with Gasteiger partial charge in [-0.3, -0.25) is 4.79 Å². The SMILES string of the molecule is CC(C)c1c(O)c2c(F)cccc2[nH]c1=O. The lowest BCUT2D eigenvalue weighted by Gasteiger charge is -2.10. The molecular formula is C12H12FNO2. The Morgan fingerprint density at radius 3 is 2.69 bits per heavy atom. The lowest BCUT2D eigenvalue weighted by Crippen LogP contribution is -2.14. The molecule has 1 aromatic carbocycles. The summed E-state index contributed by atoms with van der Waals surface area (Å²) in [5.74, 6) is -0.951. The maximum atomic E-state index is 13.5. The van der Waals surface area contributed by atoms with Crippen molar-refractivity contribution in [2.45, 2.75) is 19.8 Å². The predicted octanol–water partition coefficient (Wildman–Crippen LogP) is 2.50. The molecule has 2 N–H and O–H groups in total. The van der Waals surface area contributed by atoms with Crippen LogP contribution in [0.3, 0.4) is 0 Å². The summed E-state index contributed by atoms with van der Waals surface area (Å²) in [6.45, 7) is 3.55. The number of pyridine rings is 1. The van der Waals surface area contributed by atoms with Crippen LogP contribution in [0.4, 0.5) is 4.39 Å². The molecular weight excluding hydrogens is 209 g/mol. The summed E-state index contributed by atoms with van der Waals surface area (Å²) in [7, 11) is 0. The van der Waals surface area contributed by atoms with Crippen LogP contribution in [0.15, 0.2) is 23.0 Å². The maximum absolute atomic E-state index is 13.5. The number of halogens is 1. The number of aromatic amines is 1. The van der Waals surface area contributed by atoms with E-state index in [0.717, 1.165) is 0 Å². The smallest absolute Gasteiger partial charge is 0.255 e. The molecule has 0 saturated heterocycles. The maximum Gasteiger partial charge on any atom is 0.255 e. The van der Waals surface area contributed by atoms with Crippen LogP contribution in [-0.2, 0) is 0 Å². The molecule has 0 unspecified atom stereocenters. The van der Waals surface area contributed by atoms with Gasteiger partial charge in [0.2, 0.25) is 0 Å². The first-order valence-corrected chi connectivity index (χ1v) is 5.05. The van der Waals surface area contributed by atoms with Crippen molar-refractivity contribution < 1.29 is 9.50 Å². The molecule has 0 aliphatic heterocycles. The summed E-state index contributed by atoms with van der Waals surface area (Å²) in [4.78, 5) is 14.2. The molecule has 2 rings (SSSR count). The van der Waals surface area contributed by atoms with E-state index in [0.29, 0.717) is 5.52 Å². The molecule has 4 heteroatoms. The van der Waals surface area contributed by atoms with Crippen molar-refractivity contribution in [3.05, 3.63) is 39.9 Å². The standard InChI is InChI=1S/C12H12FNO2/c1-6(2)9-11(15)10-7(13)4-3-5-8(10)14-12(9)16/h3-6H,1-2H3,(H2,14,15,16). The number of aromatic hydroxyl groups is 1. The summed E-state index contributed by atoms with van der Waals surface area (Å²) >= 11 is 0. The molecule has 16 heavy (non-hydrogen) atoms. The average molecular weight is 221 g/mol. The van der Waals surface area contributed by atoms with E-state index in [1.807, 2.05) is 0 Å². The molecule has 0 aliphatic rings. The van der Waals surface area contributed by atoms with E-state index in [4.69, 9.17) is 0 Å². The van der Waals surface area contributed by atoms with Gasteiger partial charge in [0.1, 0.15) is 11.6 Å². The number of benzene rings is 1. The van der Waals surface area contributed by atoms with Gasteiger partial charge >= 0.3 is 0 Å². The summed E-state index contributed by atoms with van der Waals surface area (Å²) in [6, 6.07) is 4.30. The minimum absolute atomic E-state index is 0.0748. The van der Waals surface area contributed by atoms with Crippen molar-refractivity contribution in [1.82, 2.24) is 4.98 Å². The van der Waals surface area contributed by atoms with Gasteiger partial charge in [-0.25, -0.2) is 4.39 Å². The monoisotopic (exact) mass is 221 g/mol. The quantitative estimate of drug-likeness (QED) is 0.777. The highest BCUT2D eigenvalue weighted by Gasteiger charge is 2.16. The lowest BCUT2D eigenvalue weighted by atomic mass is 10.0. The normalized spacial score (nSPS) is 11.2. The second-order valence-corrected chi connectivity index (χ2v) is 4.03. The molecule has 2 aromatic rings. The minimum Gasteiger partial charge on any atom is -0.507 e. The van der Waals surface area contributed by atoms with E-state index in [2.05, 4.69) is 4.98 Å². The number of rotatable bonds is 1. The van der Waals surface area contributed by atoms with E-state index in [-0.39, 0.29) is 28.2 Å². The van der Waals surface area contributed by atoms with Gasteiger partial charge < -0.3 is 10.1 Å². The average Bonchev–Trinajstić information content (AvgIpc) is 2.15. The van der Waals surface area contributed by atoms with E-state index < -0.39 is 5.82 Å². The molecule has 0 amide bonds. The molecule has 1 aromatic heterocycles. The Balaban J connectivity index is 2.97. The molecule has 0 radical (unpaired) electrons.